The fourth-order valence-electron chi connectivity index (χ4n) is 4.69. The zero-order valence-corrected chi connectivity index (χ0v) is 21.3. The van der Waals surface area contributed by atoms with Crippen LogP contribution in [-0.4, -0.2) is 33.7 Å². The number of rotatable bonds is 9. The Hall–Kier alpha value is -2.66. The number of hydrogen-bond acceptors (Lipinski definition) is 5. The Kier molecular flexibility index (Phi) is 8.04. The molecule has 0 bridgehead atoms. The van der Waals surface area contributed by atoms with Crippen LogP contribution in [0.15, 0.2) is 35.7 Å². The molecule has 0 aliphatic carbocycles. The number of hydrogen-bond donors (Lipinski definition) is 1. The third-order valence-corrected chi connectivity index (χ3v) is 7.87. The Bertz CT molecular complexity index is 1180. The van der Waals surface area contributed by atoms with Crippen molar-refractivity contribution in [1.82, 2.24) is 20.0 Å². The minimum atomic E-state index is 0.0378. The molecule has 0 saturated heterocycles. The molecule has 6 nitrogen and oxygen atoms in total. The van der Waals surface area contributed by atoms with Crippen LogP contribution in [0.1, 0.15) is 51.8 Å². The molecule has 0 spiro atoms. The number of nitriles is 1. The average Bonchev–Trinajstić information content (AvgIpc) is 3.41. The first-order valence-electron chi connectivity index (χ1n) is 11.7. The predicted molar refractivity (Wildman–Crippen MR) is 136 cm³/mol. The molecule has 1 unspecified atom stereocenters. The molecule has 1 aromatic carbocycles. The largest absolute Gasteiger partial charge is 0.354 e. The highest BCUT2D eigenvalue weighted by molar-refractivity contribution is 7.10. The van der Waals surface area contributed by atoms with E-state index in [1.807, 2.05) is 42.0 Å². The van der Waals surface area contributed by atoms with E-state index in [0.29, 0.717) is 37.4 Å². The summed E-state index contributed by atoms with van der Waals surface area (Å²) in [5, 5.41) is 19.4. The maximum atomic E-state index is 12.8. The number of nitrogens with zero attached hydrogens (tertiary/aromatic N) is 4. The third kappa shape index (κ3) is 5.69. The number of carbonyl (C=O) groups excluding carboxylic acids is 1. The molecule has 3 heterocycles. The van der Waals surface area contributed by atoms with Crippen LogP contribution in [-0.2, 0) is 30.7 Å². The normalized spacial score (nSPS) is 14.4. The number of fused-ring (bicyclic) bond motifs is 1. The Morgan fingerprint density at radius 3 is 2.85 bits per heavy atom. The van der Waals surface area contributed by atoms with Gasteiger partial charge in [0.2, 0.25) is 5.91 Å². The van der Waals surface area contributed by atoms with Gasteiger partial charge >= 0.3 is 0 Å². The molecule has 0 fully saturated rings. The number of thiophene rings is 1. The zero-order valence-electron chi connectivity index (χ0n) is 19.7. The lowest BCUT2D eigenvalue weighted by Crippen LogP contribution is -2.40. The Morgan fingerprint density at radius 2 is 2.09 bits per heavy atom. The molecule has 4 rings (SSSR count). The van der Waals surface area contributed by atoms with Crippen molar-refractivity contribution in [3.05, 3.63) is 73.7 Å². The molecule has 178 valence electrons. The maximum absolute atomic E-state index is 12.8. The van der Waals surface area contributed by atoms with Crippen LogP contribution < -0.4 is 5.32 Å². The van der Waals surface area contributed by atoms with Gasteiger partial charge in [0.25, 0.3) is 0 Å². The minimum Gasteiger partial charge on any atom is -0.354 e. The van der Waals surface area contributed by atoms with Gasteiger partial charge in [0.1, 0.15) is 0 Å². The van der Waals surface area contributed by atoms with Gasteiger partial charge < -0.3 is 5.32 Å². The monoisotopic (exact) mass is 495 g/mol. The second-order valence-corrected chi connectivity index (χ2v) is 10.2. The number of aryl methyl sites for hydroxylation is 2. The smallest absolute Gasteiger partial charge is 0.220 e. The topological polar surface area (TPSA) is 73.9 Å². The summed E-state index contributed by atoms with van der Waals surface area (Å²) in [4.78, 5) is 16.7. The van der Waals surface area contributed by atoms with E-state index in [4.69, 9.17) is 16.9 Å². The molecule has 3 aromatic rings. The highest BCUT2D eigenvalue weighted by Gasteiger charge is 2.26. The van der Waals surface area contributed by atoms with Crippen molar-refractivity contribution < 1.29 is 4.79 Å². The molecule has 1 N–H and O–H groups in total. The number of benzene rings is 1. The maximum Gasteiger partial charge on any atom is 0.220 e. The summed E-state index contributed by atoms with van der Waals surface area (Å²) >= 11 is 7.96. The van der Waals surface area contributed by atoms with Crippen LogP contribution in [0.4, 0.5) is 0 Å². The molecule has 1 aliphatic heterocycles. The van der Waals surface area contributed by atoms with E-state index in [1.165, 1.54) is 10.4 Å². The molecule has 0 radical (unpaired) electrons. The quantitative estimate of drug-likeness (QED) is 0.454. The van der Waals surface area contributed by atoms with Crippen LogP contribution in [0, 0.1) is 25.2 Å². The van der Waals surface area contributed by atoms with Crippen molar-refractivity contribution in [2.75, 3.05) is 13.1 Å². The molecular weight excluding hydrogens is 466 g/mol. The van der Waals surface area contributed by atoms with Crippen molar-refractivity contribution in [2.24, 2.45) is 0 Å². The molecule has 8 heteroatoms. The van der Waals surface area contributed by atoms with Crippen molar-refractivity contribution in [1.29, 1.82) is 5.26 Å². The van der Waals surface area contributed by atoms with E-state index in [2.05, 4.69) is 45.0 Å². The Labute approximate surface area is 210 Å². The van der Waals surface area contributed by atoms with Gasteiger partial charge in [-0.2, -0.15) is 10.4 Å². The number of aromatic nitrogens is 2. The number of amides is 1. The molecule has 34 heavy (non-hydrogen) atoms. The predicted octanol–water partition coefficient (Wildman–Crippen LogP) is 4.98. The van der Waals surface area contributed by atoms with E-state index < -0.39 is 0 Å². The Balaban J connectivity index is 1.40. The van der Waals surface area contributed by atoms with Crippen molar-refractivity contribution in [3.8, 4) is 6.07 Å². The summed E-state index contributed by atoms with van der Waals surface area (Å²) in [5.74, 6) is 0.0378. The second-order valence-electron chi connectivity index (χ2n) is 8.74. The number of nitrogens with one attached hydrogen (secondary N) is 1. The van der Waals surface area contributed by atoms with E-state index in [9.17, 15) is 4.79 Å². The van der Waals surface area contributed by atoms with Crippen LogP contribution >= 0.6 is 22.9 Å². The summed E-state index contributed by atoms with van der Waals surface area (Å²) in [6.45, 7) is 6.98. The first-order valence-corrected chi connectivity index (χ1v) is 12.9. The van der Waals surface area contributed by atoms with Gasteiger partial charge in [0.15, 0.2) is 0 Å². The highest BCUT2D eigenvalue weighted by Crippen LogP contribution is 2.30. The molecule has 1 aliphatic rings. The van der Waals surface area contributed by atoms with Gasteiger partial charge in [0.05, 0.1) is 30.8 Å². The first kappa shape index (κ1) is 24.5. The molecule has 0 saturated carbocycles. The molecule has 2 aromatic heterocycles. The summed E-state index contributed by atoms with van der Waals surface area (Å²) in [6, 6.07) is 12.4. The first-order chi connectivity index (χ1) is 16.5. The van der Waals surface area contributed by atoms with Crippen LogP contribution in [0.5, 0.6) is 0 Å². The van der Waals surface area contributed by atoms with Gasteiger partial charge in [-0.25, -0.2) is 0 Å². The number of halogens is 1. The average molecular weight is 496 g/mol. The van der Waals surface area contributed by atoms with E-state index in [-0.39, 0.29) is 11.9 Å². The second kappa shape index (κ2) is 11.2. The molecule has 1 amide bonds. The SMILES string of the molecule is Cc1nn(CCC#N)c(C)c1CCC(=O)NCC(c1ccc(Cl)cc1)N1CCc2sccc2C1. The van der Waals surface area contributed by atoms with Gasteiger partial charge in [-0.3, -0.25) is 14.4 Å². The van der Waals surface area contributed by atoms with Crippen molar-refractivity contribution >= 4 is 28.8 Å². The fraction of sp³-hybridized carbons (Fsp3) is 0.423. The minimum absolute atomic E-state index is 0.0378. The summed E-state index contributed by atoms with van der Waals surface area (Å²) < 4.78 is 1.87. The number of carbonyl (C=O) groups is 1. The zero-order chi connectivity index (χ0) is 24.1. The standard InChI is InChI=1S/C26H30ClN5OS/c1-18-23(19(2)32(30-18)13-3-12-28)8-9-26(33)29-16-24(20-4-6-22(27)7-5-20)31-14-10-25-21(17-31)11-15-34-25/h4-7,11,15,24H,3,8-10,13-14,16-17H2,1-2H3,(H,29,33). The van der Waals surface area contributed by atoms with Crippen molar-refractivity contribution in [3.63, 3.8) is 0 Å². The summed E-state index contributed by atoms with van der Waals surface area (Å²) in [6.07, 6.45) is 2.52. The summed E-state index contributed by atoms with van der Waals surface area (Å²) in [7, 11) is 0. The molecule has 1 atom stereocenters. The van der Waals surface area contributed by atoms with Crippen LogP contribution in [0.2, 0.25) is 5.02 Å². The highest BCUT2D eigenvalue weighted by atomic mass is 35.5. The van der Waals surface area contributed by atoms with Gasteiger partial charge in [-0.05, 0) is 67.0 Å². The van der Waals surface area contributed by atoms with Gasteiger partial charge in [-0.15, -0.1) is 11.3 Å². The van der Waals surface area contributed by atoms with Gasteiger partial charge in [-0.1, -0.05) is 23.7 Å². The fourth-order valence-corrected chi connectivity index (χ4v) is 5.70. The van der Waals surface area contributed by atoms with Crippen LogP contribution in [0.3, 0.4) is 0 Å². The van der Waals surface area contributed by atoms with E-state index in [1.54, 1.807) is 0 Å². The van der Waals surface area contributed by atoms with Crippen molar-refractivity contribution in [2.45, 2.75) is 58.7 Å². The lowest BCUT2D eigenvalue weighted by molar-refractivity contribution is -0.121. The van der Waals surface area contributed by atoms with E-state index >= 15 is 0 Å². The van der Waals surface area contributed by atoms with Crippen LogP contribution in [0.25, 0.3) is 0 Å². The van der Waals surface area contributed by atoms with Gasteiger partial charge in [0, 0.05) is 41.6 Å². The third-order valence-electron chi connectivity index (χ3n) is 6.59. The van der Waals surface area contributed by atoms with E-state index in [0.717, 1.165) is 42.0 Å². The lowest BCUT2D eigenvalue weighted by atomic mass is 10.0. The molecular formula is C26H30ClN5OS. The summed E-state index contributed by atoms with van der Waals surface area (Å²) in [5.41, 5.74) is 5.62. The Morgan fingerprint density at radius 1 is 1.29 bits per heavy atom. The lowest BCUT2D eigenvalue weighted by Gasteiger charge is -2.35.